The van der Waals surface area contributed by atoms with Gasteiger partial charge >= 0.3 is 5.97 Å². The molecule has 0 heterocycles. The molecule has 0 aromatic carbocycles. The Labute approximate surface area is 95.1 Å². The maximum absolute atomic E-state index is 11.5. The zero-order valence-corrected chi connectivity index (χ0v) is 9.95. The molecule has 0 radical (unpaired) electrons. The van der Waals surface area contributed by atoms with E-state index in [2.05, 4.69) is 10.3 Å². The lowest BCUT2D eigenvalue weighted by molar-refractivity contribution is -0.151. The van der Waals surface area contributed by atoms with Crippen LogP contribution in [0.15, 0.2) is 0 Å². The largest absolute Gasteiger partial charge is 0.479 e. The van der Waals surface area contributed by atoms with Crippen molar-refractivity contribution in [2.45, 2.75) is 27.2 Å². The van der Waals surface area contributed by atoms with Crippen LogP contribution in [0.1, 0.15) is 27.2 Å². The van der Waals surface area contributed by atoms with Crippen molar-refractivity contribution in [1.82, 2.24) is 5.48 Å². The van der Waals surface area contributed by atoms with E-state index in [-0.39, 0.29) is 23.8 Å². The van der Waals surface area contributed by atoms with Crippen molar-refractivity contribution in [3.8, 4) is 0 Å². The third kappa shape index (κ3) is 7.19. The van der Waals surface area contributed by atoms with Gasteiger partial charge in [-0.25, -0.2) is 10.3 Å². The average Bonchev–Trinajstić information content (AvgIpc) is 2.11. The summed E-state index contributed by atoms with van der Waals surface area (Å²) in [4.78, 5) is 26.2. The summed E-state index contributed by atoms with van der Waals surface area (Å²) in [5, 5.41) is 8.31. The first-order valence-corrected chi connectivity index (χ1v) is 5.10. The van der Waals surface area contributed by atoms with Crippen LogP contribution < -0.4 is 11.2 Å². The summed E-state index contributed by atoms with van der Waals surface area (Å²) in [5.74, 6) is -1.88. The highest BCUT2D eigenvalue weighted by atomic mass is 16.7. The Morgan fingerprint density at radius 2 is 2.00 bits per heavy atom. The van der Waals surface area contributed by atoms with Crippen LogP contribution >= 0.6 is 0 Å². The number of nitrogens with one attached hydrogen (secondary N) is 1. The molecule has 0 aromatic heterocycles. The fourth-order valence-electron chi connectivity index (χ4n) is 1.27. The monoisotopic (exact) mass is 232 g/mol. The lowest BCUT2D eigenvalue weighted by Gasteiger charge is -2.23. The second kappa shape index (κ2) is 6.44. The van der Waals surface area contributed by atoms with E-state index in [1.807, 2.05) is 20.8 Å². The van der Waals surface area contributed by atoms with E-state index in [9.17, 15) is 9.59 Å². The molecule has 0 rings (SSSR count). The van der Waals surface area contributed by atoms with Gasteiger partial charge in [-0.1, -0.05) is 20.8 Å². The summed E-state index contributed by atoms with van der Waals surface area (Å²) < 4.78 is 0. The first-order chi connectivity index (χ1) is 7.26. The van der Waals surface area contributed by atoms with E-state index in [1.54, 1.807) is 0 Å². The van der Waals surface area contributed by atoms with Crippen LogP contribution in [-0.4, -0.2) is 30.1 Å². The second-order valence-corrected chi connectivity index (χ2v) is 4.85. The lowest BCUT2D eigenvalue weighted by Crippen LogP contribution is -2.38. The maximum Gasteiger partial charge on any atom is 0.332 e. The predicted molar refractivity (Wildman–Crippen MR) is 58.3 cm³/mol. The predicted octanol–water partition coefficient (Wildman–Crippen LogP) is 0.130. The number of hydroxylamine groups is 1. The van der Waals surface area contributed by atoms with Crippen LogP contribution in [0.3, 0.4) is 0 Å². The van der Waals surface area contributed by atoms with Crippen molar-refractivity contribution in [3.05, 3.63) is 0 Å². The molecule has 1 amide bonds. The molecule has 0 aromatic rings. The van der Waals surface area contributed by atoms with E-state index < -0.39 is 12.6 Å². The minimum absolute atomic E-state index is 0.0197. The Morgan fingerprint density at radius 1 is 1.44 bits per heavy atom. The number of carbonyl (C=O) groups is 2. The van der Waals surface area contributed by atoms with E-state index in [4.69, 9.17) is 10.8 Å². The van der Waals surface area contributed by atoms with Gasteiger partial charge < -0.3 is 10.8 Å². The number of hydrogen-bond acceptors (Lipinski definition) is 4. The Hall–Kier alpha value is -1.14. The van der Waals surface area contributed by atoms with Gasteiger partial charge in [0.25, 0.3) is 0 Å². The molecular formula is C10H20N2O4. The van der Waals surface area contributed by atoms with Gasteiger partial charge in [-0.05, 0) is 11.8 Å². The smallest absolute Gasteiger partial charge is 0.332 e. The first kappa shape index (κ1) is 14.9. The fraction of sp³-hybridized carbons (Fsp3) is 0.800. The first-order valence-electron chi connectivity index (χ1n) is 5.10. The third-order valence-corrected chi connectivity index (χ3v) is 1.88. The van der Waals surface area contributed by atoms with Crippen LogP contribution in [0.2, 0.25) is 0 Å². The van der Waals surface area contributed by atoms with Gasteiger partial charge in [-0.2, -0.15) is 0 Å². The van der Waals surface area contributed by atoms with E-state index in [0.29, 0.717) is 6.42 Å². The minimum Gasteiger partial charge on any atom is -0.479 e. The number of carboxylic acids is 1. The molecule has 0 spiro atoms. The molecule has 0 aliphatic carbocycles. The lowest BCUT2D eigenvalue weighted by atomic mass is 9.84. The van der Waals surface area contributed by atoms with Crippen LogP contribution in [0.5, 0.6) is 0 Å². The van der Waals surface area contributed by atoms with Crippen molar-refractivity contribution in [2.24, 2.45) is 17.1 Å². The van der Waals surface area contributed by atoms with Crippen molar-refractivity contribution in [2.75, 3.05) is 13.2 Å². The number of amides is 1. The summed E-state index contributed by atoms with van der Waals surface area (Å²) in [5.41, 5.74) is 7.55. The van der Waals surface area contributed by atoms with Crippen LogP contribution in [0.25, 0.3) is 0 Å². The normalized spacial score (nSPS) is 13.2. The highest BCUT2D eigenvalue weighted by Crippen LogP contribution is 2.23. The minimum atomic E-state index is -1.14. The quantitative estimate of drug-likeness (QED) is 0.565. The molecular weight excluding hydrogens is 212 g/mol. The molecule has 1 atom stereocenters. The Balaban J connectivity index is 4.06. The zero-order chi connectivity index (χ0) is 12.8. The molecule has 0 bridgehead atoms. The SMILES string of the molecule is CC(C)(C)CC(CN)C(=O)NOCC(=O)O. The van der Waals surface area contributed by atoms with Crippen molar-refractivity contribution >= 4 is 11.9 Å². The molecule has 16 heavy (non-hydrogen) atoms. The Morgan fingerprint density at radius 3 is 2.38 bits per heavy atom. The number of carboxylic acid groups (broad SMARTS) is 1. The molecule has 0 fully saturated rings. The topological polar surface area (TPSA) is 102 Å². The van der Waals surface area contributed by atoms with Gasteiger partial charge in [-0.15, -0.1) is 0 Å². The summed E-state index contributed by atoms with van der Waals surface area (Å²) in [6.07, 6.45) is 0.617. The molecule has 4 N–H and O–H groups in total. The van der Waals surface area contributed by atoms with E-state index in [1.165, 1.54) is 0 Å². The second-order valence-electron chi connectivity index (χ2n) is 4.85. The van der Waals surface area contributed by atoms with Gasteiger partial charge in [0.15, 0.2) is 6.61 Å². The maximum atomic E-state index is 11.5. The van der Waals surface area contributed by atoms with Crippen LogP contribution in [-0.2, 0) is 14.4 Å². The van der Waals surface area contributed by atoms with Crippen LogP contribution in [0, 0.1) is 11.3 Å². The molecule has 0 aliphatic rings. The van der Waals surface area contributed by atoms with Gasteiger partial charge in [0.1, 0.15) is 0 Å². The summed E-state index contributed by atoms with van der Waals surface area (Å²) in [7, 11) is 0. The molecule has 94 valence electrons. The molecule has 0 saturated heterocycles. The summed E-state index contributed by atoms with van der Waals surface area (Å²) in [6, 6.07) is 0. The number of hydrogen-bond donors (Lipinski definition) is 3. The summed E-state index contributed by atoms with van der Waals surface area (Å²) >= 11 is 0. The van der Waals surface area contributed by atoms with Gasteiger partial charge in [0.2, 0.25) is 5.91 Å². The highest BCUT2D eigenvalue weighted by molar-refractivity contribution is 5.78. The number of aliphatic carboxylic acids is 1. The van der Waals surface area contributed by atoms with Crippen molar-refractivity contribution < 1.29 is 19.5 Å². The number of carbonyl (C=O) groups excluding carboxylic acids is 1. The van der Waals surface area contributed by atoms with E-state index >= 15 is 0 Å². The fourth-order valence-corrected chi connectivity index (χ4v) is 1.27. The van der Waals surface area contributed by atoms with Gasteiger partial charge in [-0.3, -0.25) is 9.63 Å². The van der Waals surface area contributed by atoms with Crippen molar-refractivity contribution in [3.63, 3.8) is 0 Å². The molecule has 0 saturated carbocycles. The Kier molecular flexibility index (Phi) is 5.98. The van der Waals surface area contributed by atoms with Gasteiger partial charge in [0.05, 0.1) is 5.92 Å². The number of rotatable bonds is 6. The van der Waals surface area contributed by atoms with Gasteiger partial charge in [0, 0.05) is 6.54 Å². The third-order valence-electron chi connectivity index (χ3n) is 1.88. The van der Waals surface area contributed by atoms with Crippen molar-refractivity contribution in [1.29, 1.82) is 0 Å². The number of nitrogens with two attached hydrogens (primary N) is 1. The molecule has 0 aliphatic heterocycles. The highest BCUT2D eigenvalue weighted by Gasteiger charge is 2.23. The molecule has 6 nitrogen and oxygen atoms in total. The van der Waals surface area contributed by atoms with E-state index in [0.717, 1.165) is 0 Å². The standard InChI is InChI=1S/C10H20N2O4/c1-10(2,3)4-7(5-11)9(15)12-16-6-8(13)14/h7H,4-6,11H2,1-3H3,(H,12,15)(H,13,14). The Bertz CT molecular complexity index is 248. The average molecular weight is 232 g/mol. The molecule has 6 heteroatoms. The molecule has 1 unspecified atom stereocenters. The van der Waals surface area contributed by atoms with Crippen LogP contribution in [0.4, 0.5) is 0 Å². The summed E-state index contributed by atoms with van der Waals surface area (Å²) in [6.45, 7) is 5.65. The zero-order valence-electron chi connectivity index (χ0n) is 9.95.